The first kappa shape index (κ1) is 10.1. The highest BCUT2D eigenvalue weighted by Gasteiger charge is 2.24. The average Bonchev–Trinajstić information content (AvgIpc) is 2.57. The molecule has 2 nitrogen and oxygen atoms in total. The van der Waals surface area contributed by atoms with Crippen molar-refractivity contribution < 1.29 is 9.47 Å². The lowest BCUT2D eigenvalue weighted by atomic mass is 9.96. The minimum Gasteiger partial charge on any atom is -0.494 e. The van der Waals surface area contributed by atoms with Crippen LogP contribution in [-0.2, 0) is 4.74 Å². The molecule has 15 heavy (non-hydrogen) atoms. The van der Waals surface area contributed by atoms with Gasteiger partial charge in [0.1, 0.15) is 18.1 Å². The molecule has 0 bridgehead atoms. The molecule has 0 N–H and O–H groups in total. The van der Waals surface area contributed by atoms with Gasteiger partial charge < -0.3 is 9.47 Å². The van der Waals surface area contributed by atoms with Gasteiger partial charge >= 0.3 is 0 Å². The van der Waals surface area contributed by atoms with Gasteiger partial charge in [-0.1, -0.05) is 32.0 Å². The van der Waals surface area contributed by atoms with E-state index in [-0.39, 0.29) is 5.41 Å². The van der Waals surface area contributed by atoms with Crippen LogP contribution in [0.5, 0.6) is 5.75 Å². The average molecular weight is 204 g/mol. The molecule has 1 aliphatic rings. The van der Waals surface area contributed by atoms with Gasteiger partial charge in [0.05, 0.1) is 6.61 Å². The van der Waals surface area contributed by atoms with Gasteiger partial charge in [0.2, 0.25) is 0 Å². The molecule has 80 valence electrons. The molecule has 2 rings (SSSR count). The number of rotatable bonds is 3. The van der Waals surface area contributed by atoms with E-state index in [0.717, 1.165) is 18.1 Å². The first-order valence-corrected chi connectivity index (χ1v) is 5.18. The smallest absolute Gasteiger partial charge is 0.145 e. The lowest BCUT2D eigenvalue weighted by molar-refractivity contribution is 0.158. The summed E-state index contributed by atoms with van der Waals surface area (Å²) in [6.45, 7) is 5.58. The predicted molar refractivity (Wildman–Crippen MR) is 59.8 cm³/mol. The Morgan fingerprint density at radius 1 is 1.27 bits per heavy atom. The molecule has 1 aromatic rings. The number of benzene rings is 1. The van der Waals surface area contributed by atoms with Crippen molar-refractivity contribution in [1.29, 1.82) is 0 Å². The molecule has 0 saturated carbocycles. The number of hydrogen-bond donors (Lipinski definition) is 0. The highest BCUT2D eigenvalue weighted by Crippen LogP contribution is 2.27. The van der Waals surface area contributed by atoms with Crippen molar-refractivity contribution in [3.05, 3.63) is 42.2 Å². The van der Waals surface area contributed by atoms with E-state index < -0.39 is 0 Å². The van der Waals surface area contributed by atoms with Crippen LogP contribution in [0, 0.1) is 5.41 Å². The lowest BCUT2D eigenvalue weighted by Crippen LogP contribution is -2.08. The highest BCUT2D eigenvalue weighted by molar-refractivity contribution is 5.21. The van der Waals surface area contributed by atoms with Crippen molar-refractivity contribution in [3.63, 3.8) is 0 Å². The van der Waals surface area contributed by atoms with Gasteiger partial charge in [-0.15, -0.1) is 0 Å². The highest BCUT2D eigenvalue weighted by atomic mass is 16.5. The van der Waals surface area contributed by atoms with Crippen LogP contribution < -0.4 is 4.74 Å². The Morgan fingerprint density at radius 3 is 2.60 bits per heavy atom. The van der Waals surface area contributed by atoms with Gasteiger partial charge in [0.25, 0.3) is 0 Å². The van der Waals surface area contributed by atoms with Crippen LogP contribution in [0.25, 0.3) is 0 Å². The van der Waals surface area contributed by atoms with Crippen LogP contribution >= 0.6 is 0 Å². The Labute approximate surface area is 90.5 Å². The Kier molecular flexibility index (Phi) is 2.67. The molecule has 0 amide bonds. The van der Waals surface area contributed by atoms with Gasteiger partial charge in [0.15, 0.2) is 0 Å². The molecule has 1 heterocycles. The molecule has 0 unspecified atom stereocenters. The quantitative estimate of drug-likeness (QED) is 0.753. The van der Waals surface area contributed by atoms with Gasteiger partial charge in [-0.2, -0.15) is 0 Å². The molecule has 0 saturated heterocycles. The second-order valence-corrected chi connectivity index (χ2v) is 4.49. The minimum atomic E-state index is 0.148. The van der Waals surface area contributed by atoms with Gasteiger partial charge in [-0.25, -0.2) is 0 Å². The summed E-state index contributed by atoms with van der Waals surface area (Å²) in [5.74, 6) is 1.82. The Morgan fingerprint density at radius 2 is 2.00 bits per heavy atom. The molecular weight excluding hydrogens is 188 g/mol. The normalized spacial score (nSPS) is 18.1. The topological polar surface area (TPSA) is 18.5 Å². The fourth-order valence-electron chi connectivity index (χ4n) is 1.55. The molecule has 2 heteroatoms. The van der Waals surface area contributed by atoms with Crippen LogP contribution in [0.1, 0.15) is 13.8 Å². The minimum absolute atomic E-state index is 0.148. The van der Waals surface area contributed by atoms with Gasteiger partial charge in [-0.05, 0) is 18.2 Å². The maximum absolute atomic E-state index is 5.59. The number of ether oxygens (including phenoxy) is 2. The summed E-state index contributed by atoms with van der Waals surface area (Å²) < 4.78 is 11.1. The van der Waals surface area contributed by atoms with Crippen molar-refractivity contribution in [3.8, 4) is 5.75 Å². The molecule has 0 spiro atoms. The fraction of sp³-hybridized carbons (Fsp3) is 0.385. The summed E-state index contributed by atoms with van der Waals surface area (Å²) >= 11 is 0. The first-order valence-electron chi connectivity index (χ1n) is 5.18. The summed E-state index contributed by atoms with van der Waals surface area (Å²) in [5.41, 5.74) is 0.148. The third-order valence-corrected chi connectivity index (χ3v) is 2.31. The monoisotopic (exact) mass is 204 g/mol. The Balaban J connectivity index is 1.90. The third kappa shape index (κ3) is 2.75. The fourth-order valence-corrected chi connectivity index (χ4v) is 1.55. The van der Waals surface area contributed by atoms with E-state index in [2.05, 4.69) is 19.9 Å². The molecule has 0 atom stereocenters. The molecule has 1 aliphatic heterocycles. The first-order chi connectivity index (χ1) is 7.16. The van der Waals surface area contributed by atoms with Gasteiger partial charge in [0, 0.05) is 5.41 Å². The standard InChI is InChI=1S/C13H16O2/c1-13(2)8-12(15-10-13)9-14-11-6-4-3-5-7-11/h3-8H,9-10H2,1-2H3. The van der Waals surface area contributed by atoms with E-state index in [4.69, 9.17) is 9.47 Å². The third-order valence-electron chi connectivity index (χ3n) is 2.31. The Bertz CT molecular complexity index is 352. The van der Waals surface area contributed by atoms with Crippen LogP contribution in [0.3, 0.4) is 0 Å². The molecule has 0 aromatic heterocycles. The van der Waals surface area contributed by atoms with Crippen LogP contribution in [0.2, 0.25) is 0 Å². The zero-order chi connectivity index (χ0) is 10.7. The summed E-state index contributed by atoms with van der Waals surface area (Å²) in [6.07, 6.45) is 2.13. The molecule has 0 aliphatic carbocycles. The molecular formula is C13H16O2. The largest absolute Gasteiger partial charge is 0.494 e. The van der Waals surface area contributed by atoms with E-state index in [1.165, 1.54) is 0 Å². The maximum atomic E-state index is 5.59. The van der Waals surface area contributed by atoms with E-state index >= 15 is 0 Å². The van der Waals surface area contributed by atoms with Crippen molar-refractivity contribution in [2.24, 2.45) is 5.41 Å². The van der Waals surface area contributed by atoms with E-state index in [1.54, 1.807) is 0 Å². The summed E-state index contributed by atoms with van der Waals surface area (Å²) in [6, 6.07) is 9.79. The van der Waals surface area contributed by atoms with Gasteiger partial charge in [-0.3, -0.25) is 0 Å². The summed E-state index contributed by atoms with van der Waals surface area (Å²) in [7, 11) is 0. The van der Waals surface area contributed by atoms with E-state index in [0.29, 0.717) is 6.61 Å². The number of hydrogen-bond acceptors (Lipinski definition) is 2. The predicted octanol–water partition coefficient (Wildman–Crippen LogP) is 3.01. The van der Waals surface area contributed by atoms with Crippen LogP contribution in [0.15, 0.2) is 42.2 Å². The van der Waals surface area contributed by atoms with Crippen LogP contribution in [-0.4, -0.2) is 13.2 Å². The SMILES string of the molecule is CC1(C)C=C(COc2ccccc2)OC1. The van der Waals surface area contributed by atoms with Crippen molar-refractivity contribution in [1.82, 2.24) is 0 Å². The molecule has 0 fully saturated rings. The van der Waals surface area contributed by atoms with E-state index in [9.17, 15) is 0 Å². The van der Waals surface area contributed by atoms with Crippen molar-refractivity contribution >= 4 is 0 Å². The zero-order valence-electron chi connectivity index (χ0n) is 9.19. The molecule has 0 radical (unpaired) electrons. The number of para-hydroxylation sites is 1. The summed E-state index contributed by atoms with van der Waals surface area (Å²) in [5, 5.41) is 0. The van der Waals surface area contributed by atoms with E-state index in [1.807, 2.05) is 30.3 Å². The maximum Gasteiger partial charge on any atom is 0.145 e. The lowest BCUT2D eigenvalue weighted by Gasteiger charge is -2.09. The second kappa shape index (κ2) is 3.97. The van der Waals surface area contributed by atoms with Crippen LogP contribution in [0.4, 0.5) is 0 Å². The zero-order valence-corrected chi connectivity index (χ0v) is 9.19. The summed E-state index contributed by atoms with van der Waals surface area (Å²) in [4.78, 5) is 0. The van der Waals surface area contributed by atoms with Crippen molar-refractivity contribution in [2.45, 2.75) is 13.8 Å². The van der Waals surface area contributed by atoms with Crippen molar-refractivity contribution in [2.75, 3.05) is 13.2 Å². The Hall–Kier alpha value is -1.44. The molecule has 1 aromatic carbocycles. The second-order valence-electron chi connectivity index (χ2n) is 4.49.